The molecule has 2 atom stereocenters. The smallest absolute Gasteiger partial charge is 0.379 e. The molecule has 9 heteroatoms. The highest BCUT2D eigenvalue weighted by Crippen LogP contribution is 2.48. The first-order valence-electron chi connectivity index (χ1n) is 12.0. The van der Waals surface area contributed by atoms with Gasteiger partial charge in [0.1, 0.15) is 10.6 Å². The molecule has 0 aliphatic heterocycles. The third kappa shape index (κ3) is 6.71. The van der Waals surface area contributed by atoms with E-state index in [1.165, 1.54) is 12.1 Å². The van der Waals surface area contributed by atoms with Crippen LogP contribution >= 0.6 is 0 Å². The Kier molecular flexibility index (Phi) is 7.64. The number of alkyl halides is 3. The van der Waals surface area contributed by atoms with Gasteiger partial charge in [0.15, 0.2) is 0 Å². The summed E-state index contributed by atoms with van der Waals surface area (Å²) in [7, 11) is -4.50. The maximum absolute atomic E-state index is 13.3. The van der Waals surface area contributed by atoms with E-state index in [1.54, 1.807) is 17.0 Å². The third-order valence-electron chi connectivity index (χ3n) is 6.16. The topological polar surface area (TPSA) is 63.7 Å². The van der Waals surface area contributed by atoms with Crippen molar-refractivity contribution in [1.82, 2.24) is 4.90 Å². The fourth-order valence-corrected chi connectivity index (χ4v) is 5.33. The highest BCUT2D eigenvalue weighted by molar-refractivity contribution is 7.87. The summed E-state index contributed by atoms with van der Waals surface area (Å²) in [5.74, 6) is 0.321. The second-order valence-electron chi connectivity index (χ2n) is 9.68. The minimum absolute atomic E-state index is 0.0413. The molecular weight excluding hydrogens is 503 g/mol. The zero-order valence-electron chi connectivity index (χ0n) is 20.5. The normalized spacial score (nSPS) is 17.5. The van der Waals surface area contributed by atoms with E-state index in [4.69, 9.17) is 4.18 Å². The Morgan fingerprint density at radius 1 is 1.00 bits per heavy atom. The lowest BCUT2D eigenvalue weighted by molar-refractivity contribution is -0.137. The molecular formula is C28H28F3NO4S. The number of benzene rings is 3. The van der Waals surface area contributed by atoms with Crippen LogP contribution in [0.3, 0.4) is 0 Å². The van der Waals surface area contributed by atoms with Gasteiger partial charge in [-0.25, -0.2) is 0 Å². The maximum Gasteiger partial charge on any atom is 0.416 e. The van der Waals surface area contributed by atoms with Crippen LogP contribution in [0.25, 0.3) is 0 Å². The quantitative estimate of drug-likeness (QED) is 0.306. The first-order valence-corrected chi connectivity index (χ1v) is 13.4. The zero-order chi connectivity index (χ0) is 26.8. The van der Waals surface area contributed by atoms with Crippen LogP contribution in [0.2, 0.25) is 0 Å². The summed E-state index contributed by atoms with van der Waals surface area (Å²) in [5, 5.41) is 0. The molecule has 0 N–H and O–H groups in total. The van der Waals surface area contributed by atoms with Crippen molar-refractivity contribution in [3.63, 3.8) is 0 Å². The largest absolute Gasteiger partial charge is 0.416 e. The van der Waals surface area contributed by atoms with Crippen LogP contribution in [-0.2, 0) is 27.6 Å². The second-order valence-corrected chi connectivity index (χ2v) is 11.2. The molecule has 3 aromatic rings. The monoisotopic (exact) mass is 531 g/mol. The van der Waals surface area contributed by atoms with Crippen LogP contribution in [0.1, 0.15) is 42.9 Å². The van der Waals surface area contributed by atoms with Gasteiger partial charge in [-0.15, -0.1) is 0 Å². The Labute approximate surface area is 215 Å². The van der Waals surface area contributed by atoms with Crippen LogP contribution in [0.5, 0.6) is 5.75 Å². The van der Waals surface area contributed by atoms with E-state index < -0.39 is 26.8 Å². The molecule has 0 aromatic heterocycles. The minimum Gasteiger partial charge on any atom is -0.379 e. The predicted molar refractivity (Wildman–Crippen MR) is 133 cm³/mol. The third-order valence-corrected chi connectivity index (χ3v) is 7.40. The van der Waals surface area contributed by atoms with E-state index in [-0.39, 0.29) is 36.0 Å². The molecule has 1 fully saturated rings. The van der Waals surface area contributed by atoms with E-state index in [0.29, 0.717) is 18.2 Å². The van der Waals surface area contributed by atoms with Gasteiger partial charge in [-0.2, -0.15) is 21.6 Å². The van der Waals surface area contributed by atoms with Crippen molar-refractivity contribution >= 4 is 16.0 Å². The molecule has 4 rings (SSSR count). The highest BCUT2D eigenvalue weighted by atomic mass is 32.2. The number of carbonyl (C=O) groups is 1. The van der Waals surface area contributed by atoms with Crippen molar-refractivity contribution in [1.29, 1.82) is 0 Å². The van der Waals surface area contributed by atoms with Gasteiger partial charge in [-0.1, -0.05) is 62.4 Å². The number of nitrogens with zero attached hydrogens (tertiary/aromatic N) is 1. The summed E-state index contributed by atoms with van der Waals surface area (Å²) in [5.41, 5.74) is 0.714. The van der Waals surface area contributed by atoms with Gasteiger partial charge in [0, 0.05) is 19.0 Å². The molecule has 0 heterocycles. The van der Waals surface area contributed by atoms with Gasteiger partial charge in [0.25, 0.3) is 0 Å². The van der Waals surface area contributed by atoms with Crippen LogP contribution < -0.4 is 4.18 Å². The van der Waals surface area contributed by atoms with Crippen LogP contribution in [0, 0.1) is 11.8 Å². The fraction of sp³-hybridized carbons (Fsp3) is 0.321. The van der Waals surface area contributed by atoms with Crippen LogP contribution in [0.4, 0.5) is 13.2 Å². The number of amides is 1. The molecule has 0 radical (unpaired) electrons. The van der Waals surface area contributed by atoms with E-state index in [0.717, 1.165) is 30.2 Å². The van der Waals surface area contributed by atoms with Crippen molar-refractivity contribution in [3.05, 3.63) is 95.6 Å². The van der Waals surface area contributed by atoms with E-state index in [9.17, 15) is 26.4 Å². The molecule has 1 aliphatic rings. The molecule has 1 amide bonds. The maximum atomic E-state index is 13.3. The summed E-state index contributed by atoms with van der Waals surface area (Å²) < 4.78 is 69.6. The minimum atomic E-state index is -4.68. The van der Waals surface area contributed by atoms with Gasteiger partial charge in [-0.3, -0.25) is 4.79 Å². The molecule has 0 saturated heterocycles. The van der Waals surface area contributed by atoms with Gasteiger partial charge < -0.3 is 9.08 Å². The lowest BCUT2D eigenvalue weighted by Crippen LogP contribution is -2.35. The number of halogens is 3. The summed E-state index contributed by atoms with van der Waals surface area (Å²) in [6.45, 7) is 4.83. The highest BCUT2D eigenvalue weighted by Gasteiger charge is 2.45. The standard InChI is InChI=1S/C28H28F3NO4S/c1-19(2)17-32(27(33)26-16-25(26)21-9-4-3-5-10-21)18-20-8-6-12-23(14-20)36-37(34,35)24-13-7-11-22(15-24)28(29,30)31/h3-15,19,25-26H,16-18H2,1-2H3/t25-,26?/m0/s1. The molecule has 196 valence electrons. The molecule has 3 aromatic carbocycles. The molecule has 0 spiro atoms. The van der Waals surface area contributed by atoms with E-state index in [1.807, 2.05) is 44.2 Å². The van der Waals surface area contributed by atoms with Crippen LogP contribution in [-0.4, -0.2) is 25.8 Å². The van der Waals surface area contributed by atoms with E-state index in [2.05, 4.69) is 0 Å². The first-order chi connectivity index (χ1) is 17.4. The van der Waals surface area contributed by atoms with Crippen molar-refractivity contribution < 1.29 is 30.6 Å². The summed E-state index contributed by atoms with van der Waals surface area (Å²) >= 11 is 0. The molecule has 1 saturated carbocycles. The van der Waals surface area contributed by atoms with Crippen molar-refractivity contribution in [2.24, 2.45) is 11.8 Å². The fourth-order valence-electron chi connectivity index (χ4n) is 4.36. The first kappa shape index (κ1) is 26.7. The Morgan fingerprint density at radius 3 is 2.38 bits per heavy atom. The molecule has 1 aliphatic carbocycles. The SMILES string of the molecule is CC(C)CN(Cc1cccc(OS(=O)(=O)c2cccc(C(F)(F)F)c2)c1)C(=O)C1C[C@H]1c1ccccc1. The number of carbonyl (C=O) groups excluding carboxylic acids is 1. The van der Waals surface area contributed by atoms with Crippen molar-refractivity contribution in [2.75, 3.05) is 6.54 Å². The lowest BCUT2D eigenvalue weighted by Gasteiger charge is -2.25. The average Bonchev–Trinajstić information content (AvgIpc) is 3.64. The van der Waals surface area contributed by atoms with Crippen molar-refractivity contribution in [2.45, 2.75) is 43.8 Å². The lowest BCUT2D eigenvalue weighted by atomic mass is 10.1. The van der Waals surface area contributed by atoms with Crippen LogP contribution in [0.15, 0.2) is 83.8 Å². The second kappa shape index (κ2) is 10.6. The molecule has 0 bridgehead atoms. The van der Waals surface area contributed by atoms with Gasteiger partial charge >= 0.3 is 16.3 Å². The summed E-state index contributed by atoms with van der Waals surface area (Å²) in [6, 6.07) is 19.6. The van der Waals surface area contributed by atoms with Crippen molar-refractivity contribution in [3.8, 4) is 5.75 Å². The average molecular weight is 532 g/mol. The molecule has 1 unspecified atom stereocenters. The van der Waals surface area contributed by atoms with Gasteiger partial charge in [0.05, 0.1) is 5.56 Å². The summed E-state index contributed by atoms with van der Waals surface area (Å²) in [6.07, 6.45) is -3.89. The zero-order valence-corrected chi connectivity index (χ0v) is 21.3. The number of hydrogen-bond donors (Lipinski definition) is 0. The van der Waals surface area contributed by atoms with Gasteiger partial charge in [0.2, 0.25) is 5.91 Å². The molecule has 5 nitrogen and oxygen atoms in total. The predicted octanol–water partition coefficient (Wildman–Crippen LogP) is 6.26. The number of rotatable bonds is 9. The Hall–Kier alpha value is -3.33. The summed E-state index contributed by atoms with van der Waals surface area (Å²) in [4.78, 5) is 14.5. The molecule has 37 heavy (non-hydrogen) atoms. The van der Waals surface area contributed by atoms with Gasteiger partial charge in [-0.05, 0) is 59.7 Å². The Morgan fingerprint density at radius 2 is 1.70 bits per heavy atom. The Bertz CT molecular complexity index is 1360. The Balaban J connectivity index is 1.49. The number of hydrogen-bond acceptors (Lipinski definition) is 4. The van der Waals surface area contributed by atoms with E-state index >= 15 is 0 Å².